The van der Waals surface area contributed by atoms with Crippen molar-refractivity contribution >= 4 is 17.5 Å². The zero-order chi connectivity index (χ0) is 19.6. The summed E-state index contributed by atoms with van der Waals surface area (Å²) in [6, 6.07) is 17.0. The summed E-state index contributed by atoms with van der Waals surface area (Å²) in [4.78, 5) is 24.8. The second kappa shape index (κ2) is 7.55. The molecule has 0 aliphatic heterocycles. The lowest BCUT2D eigenvalue weighted by Gasteiger charge is -2.32. The molecule has 3 unspecified atom stereocenters. The molecule has 142 valence electrons. The molecule has 2 aromatic carbocycles. The fraction of sp³-hybridized carbons (Fsp3) is 0.391. The van der Waals surface area contributed by atoms with Gasteiger partial charge in [0.2, 0.25) is 5.91 Å². The predicted octanol–water partition coefficient (Wildman–Crippen LogP) is 4.80. The Kier molecular flexibility index (Phi) is 5.36. The largest absolute Gasteiger partial charge is 0.345 e. The second-order valence-electron chi connectivity index (χ2n) is 8.57. The fourth-order valence-corrected chi connectivity index (χ4v) is 3.29. The van der Waals surface area contributed by atoms with E-state index in [0.717, 1.165) is 17.7 Å². The lowest BCUT2D eigenvalue weighted by Crippen LogP contribution is -2.36. The van der Waals surface area contributed by atoms with Crippen LogP contribution >= 0.6 is 0 Å². The first-order valence-corrected chi connectivity index (χ1v) is 9.52. The molecule has 0 radical (unpaired) electrons. The van der Waals surface area contributed by atoms with Crippen LogP contribution in [0.25, 0.3) is 0 Å². The Morgan fingerprint density at radius 3 is 2.11 bits per heavy atom. The van der Waals surface area contributed by atoms with Crippen LogP contribution in [0.1, 0.15) is 56.1 Å². The highest BCUT2D eigenvalue weighted by Gasteiger charge is 2.39. The molecule has 3 atom stereocenters. The van der Waals surface area contributed by atoms with Gasteiger partial charge in [-0.25, -0.2) is 0 Å². The molecule has 1 fully saturated rings. The van der Waals surface area contributed by atoms with E-state index in [1.807, 2.05) is 30.3 Å². The van der Waals surface area contributed by atoms with Crippen molar-refractivity contribution in [3.05, 3.63) is 65.7 Å². The van der Waals surface area contributed by atoms with Gasteiger partial charge < -0.3 is 10.6 Å². The summed E-state index contributed by atoms with van der Waals surface area (Å²) in [7, 11) is 0. The van der Waals surface area contributed by atoms with E-state index in [4.69, 9.17) is 0 Å². The number of hydrogen-bond acceptors (Lipinski definition) is 2. The van der Waals surface area contributed by atoms with Crippen LogP contribution in [0.2, 0.25) is 0 Å². The highest BCUT2D eigenvalue weighted by Crippen LogP contribution is 2.38. The van der Waals surface area contributed by atoms with Crippen molar-refractivity contribution in [1.29, 1.82) is 0 Å². The van der Waals surface area contributed by atoms with Crippen LogP contribution in [-0.4, -0.2) is 11.8 Å². The minimum absolute atomic E-state index is 0.0663. The fourth-order valence-electron chi connectivity index (χ4n) is 3.29. The smallest absolute Gasteiger partial charge is 0.251 e. The van der Waals surface area contributed by atoms with Crippen LogP contribution in [0.3, 0.4) is 0 Å². The van der Waals surface area contributed by atoms with E-state index < -0.39 is 0 Å². The van der Waals surface area contributed by atoms with Gasteiger partial charge in [0, 0.05) is 17.2 Å². The van der Waals surface area contributed by atoms with E-state index in [2.05, 4.69) is 38.3 Å². The number of hydrogen-bond donors (Lipinski definition) is 2. The molecular formula is C23H28N2O2. The molecule has 4 heteroatoms. The molecule has 2 amide bonds. The van der Waals surface area contributed by atoms with Gasteiger partial charge in [0.1, 0.15) is 0 Å². The highest BCUT2D eigenvalue weighted by molar-refractivity contribution is 5.97. The van der Waals surface area contributed by atoms with E-state index in [0.29, 0.717) is 11.5 Å². The normalized spacial score (nSPS) is 19.9. The molecule has 0 aromatic heterocycles. The molecule has 2 N–H and O–H groups in total. The first-order valence-electron chi connectivity index (χ1n) is 9.52. The maximum Gasteiger partial charge on any atom is 0.251 e. The molecule has 0 heterocycles. The van der Waals surface area contributed by atoms with Gasteiger partial charge in [-0.3, -0.25) is 9.59 Å². The summed E-state index contributed by atoms with van der Waals surface area (Å²) in [5.41, 5.74) is 2.27. The van der Waals surface area contributed by atoms with E-state index >= 15 is 0 Å². The Morgan fingerprint density at radius 1 is 1.00 bits per heavy atom. The van der Waals surface area contributed by atoms with E-state index in [1.54, 1.807) is 24.3 Å². The Balaban J connectivity index is 1.68. The number of benzene rings is 2. The summed E-state index contributed by atoms with van der Waals surface area (Å²) in [5, 5.41) is 6.08. The lowest BCUT2D eigenvalue weighted by atomic mass is 9.82. The van der Waals surface area contributed by atoms with Gasteiger partial charge in [0.25, 0.3) is 5.91 Å². The maximum absolute atomic E-state index is 12.8. The Morgan fingerprint density at radius 2 is 1.59 bits per heavy atom. The topological polar surface area (TPSA) is 58.2 Å². The monoisotopic (exact) mass is 364 g/mol. The van der Waals surface area contributed by atoms with Crippen LogP contribution < -0.4 is 10.6 Å². The van der Waals surface area contributed by atoms with Crippen molar-refractivity contribution in [2.24, 2.45) is 17.3 Å². The highest BCUT2D eigenvalue weighted by atomic mass is 16.2. The van der Waals surface area contributed by atoms with Crippen LogP contribution in [0, 0.1) is 17.3 Å². The summed E-state index contributed by atoms with van der Waals surface area (Å²) < 4.78 is 0. The van der Waals surface area contributed by atoms with E-state index in [1.165, 1.54) is 0 Å². The maximum atomic E-state index is 12.8. The van der Waals surface area contributed by atoms with Crippen LogP contribution in [-0.2, 0) is 4.79 Å². The van der Waals surface area contributed by atoms with Crippen molar-refractivity contribution in [2.45, 2.75) is 40.2 Å². The molecule has 3 rings (SSSR count). The van der Waals surface area contributed by atoms with Gasteiger partial charge >= 0.3 is 0 Å². The third-order valence-electron chi connectivity index (χ3n) is 5.14. The average molecular weight is 364 g/mol. The molecule has 1 aliphatic rings. The van der Waals surface area contributed by atoms with Crippen LogP contribution in [0.4, 0.5) is 5.69 Å². The molecule has 2 aromatic rings. The third kappa shape index (κ3) is 4.76. The number of anilines is 1. The third-order valence-corrected chi connectivity index (χ3v) is 5.14. The number of carbonyl (C=O) groups is 2. The summed E-state index contributed by atoms with van der Waals surface area (Å²) in [6.45, 7) is 8.42. The van der Waals surface area contributed by atoms with E-state index in [9.17, 15) is 9.59 Å². The van der Waals surface area contributed by atoms with Gasteiger partial charge in [0.15, 0.2) is 0 Å². The number of rotatable bonds is 5. The first kappa shape index (κ1) is 19.2. The predicted molar refractivity (Wildman–Crippen MR) is 108 cm³/mol. The Bertz CT molecular complexity index is 807. The summed E-state index contributed by atoms with van der Waals surface area (Å²) >= 11 is 0. The summed E-state index contributed by atoms with van der Waals surface area (Å²) in [5.74, 6) is 0.554. The Hall–Kier alpha value is -2.62. The quantitative estimate of drug-likeness (QED) is 0.801. The van der Waals surface area contributed by atoms with Crippen molar-refractivity contribution in [3.8, 4) is 0 Å². The average Bonchev–Trinajstić information content (AvgIpc) is 3.37. The minimum Gasteiger partial charge on any atom is -0.345 e. The number of amides is 2. The molecule has 0 spiro atoms. The minimum atomic E-state index is -0.119. The summed E-state index contributed by atoms with van der Waals surface area (Å²) in [6.07, 6.45) is 0.958. The number of nitrogens with one attached hydrogen (secondary N) is 2. The second-order valence-corrected chi connectivity index (χ2v) is 8.57. The van der Waals surface area contributed by atoms with Crippen LogP contribution in [0.15, 0.2) is 54.6 Å². The zero-order valence-corrected chi connectivity index (χ0v) is 16.5. The van der Waals surface area contributed by atoms with Gasteiger partial charge in [0.05, 0.1) is 6.04 Å². The van der Waals surface area contributed by atoms with Gasteiger partial charge in [-0.2, -0.15) is 0 Å². The Labute approximate surface area is 161 Å². The van der Waals surface area contributed by atoms with Crippen molar-refractivity contribution in [2.75, 3.05) is 5.32 Å². The van der Waals surface area contributed by atoms with Crippen molar-refractivity contribution in [3.63, 3.8) is 0 Å². The molecule has 0 bridgehead atoms. The molecule has 1 saturated carbocycles. The van der Waals surface area contributed by atoms with Crippen molar-refractivity contribution < 1.29 is 9.59 Å². The van der Waals surface area contributed by atoms with Crippen LogP contribution in [0.5, 0.6) is 0 Å². The lowest BCUT2D eigenvalue weighted by molar-refractivity contribution is -0.117. The van der Waals surface area contributed by atoms with Gasteiger partial charge in [-0.15, -0.1) is 0 Å². The molecule has 1 aliphatic carbocycles. The molecule has 4 nitrogen and oxygen atoms in total. The molecule has 0 saturated heterocycles. The molecule has 27 heavy (non-hydrogen) atoms. The standard InChI is InChI=1S/C23H28N2O2/c1-15-14-19(15)22(27)24-18-12-10-17(11-13-18)21(26)25-20(23(2,3)4)16-8-6-5-7-9-16/h5-13,15,19-20H,14H2,1-4H3,(H,24,27)(H,25,26). The van der Waals surface area contributed by atoms with E-state index in [-0.39, 0.29) is 29.2 Å². The number of carbonyl (C=O) groups excluding carboxylic acids is 2. The van der Waals surface area contributed by atoms with Crippen molar-refractivity contribution in [1.82, 2.24) is 5.32 Å². The molecular weight excluding hydrogens is 336 g/mol. The first-order chi connectivity index (χ1) is 12.8. The SMILES string of the molecule is CC1CC1C(=O)Nc1ccc(C(=O)NC(c2ccccc2)C(C)(C)C)cc1. The zero-order valence-electron chi connectivity index (χ0n) is 16.5. The van der Waals surface area contributed by atoms with Gasteiger partial charge in [-0.05, 0) is 47.6 Å². The van der Waals surface area contributed by atoms with Gasteiger partial charge in [-0.1, -0.05) is 58.0 Å².